The molecule has 2 aromatic rings. The molecule has 0 radical (unpaired) electrons. The Bertz CT molecular complexity index is 599. The molecule has 0 aliphatic rings. The van der Waals surface area contributed by atoms with E-state index in [2.05, 4.69) is 5.10 Å². The fourth-order valence-corrected chi connectivity index (χ4v) is 2.13. The van der Waals surface area contributed by atoms with Gasteiger partial charge in [-0.3, -0.25) is 4.68 Å². The van der Waals surface area contributed by atoms with Crippen LogP contribution in [0.3, 0.4) is 0 Å². The highest BCUT2D eigenvalue weighted by atomic mass is 35.5. The SMILES string of the molecule is Cc1nn(C)c(Cl)c1COc1ccc(CCl)cc1F. The number of alkyl halides is 1. The molecule has 0 bridgehead atoms. The zero-order chi connectivity index (χ0) is 14.0. The molecule has 0 unspecified atom stereocenters. The fraction of sp³-hybridized carbons (Fsp3) is 0.308. The molecule has 1 heterocycles. The maximum absolute atomic E-state index is 13.7. The van der Waals surface area contributed by atoms with Crippen molar-refractivity contribution in [3.05, 3.63) is 46.0 Å². The molecular weight excluding hydrogens is 290 g/mol. The summed E-state index contributed by atoms with van der Waals surface area (Å²) in [6, 6.07) is 4.65. The van der Waals surface area contributed by atoms with Crippen LogP contribution in [0.1, 0.15) is 16.8 Å². The molecule has 6 heteroatoms. The van der Waals surface area contributed by atoms with Gasteiger partial charge in [-0.2, -0.15) is 5.10 Å². The second kappa shape index (κ2) is 5.80. The van der Waals surface area contributed by atoms with E-state index in [0.29, 0.717) is 10.7 Å². The average molecular weight is 303 g/mol. The largest absolute Gasteiger partial charge is 0.486 e. The number of rotatable bonds is 4. The smallest absolute Gasteiger partial charge is 0.165 e. The predicted octanol–water partition coefficient (Wildman–Crippen LogP) is 3.84. The van der Waals surface area contributed by atoms with Gasteiger partial charge < -0.3 is 4.74 Å². The highest BCUT2D eigenvalue weighted by molar-refractivity contribution is 6.30. The second-order valence-electron chi connectivity index (χ2n) is 4.17. The van der Waals surface area contributed by atoms with E-state index in [1.807, 2.05) is 6.92 Å². The van der Waals surface area contributed by atoms with Crippen LogP contribution < -0.4 is 4.74 Å². The summed E-state index contributed by atoms with van der Waals surface area (Å²) < 4.78 is 20.7. The van der Waals surface area contributed by atoms with Gasteiger partial charge >= 0.3 is 0 Å². The summed E-state index contributed by atoms with van der Waals surface area (Å²) in [5, 5.41) is 4.66. The lowest BCUT2D eigenvalue weighted by atomic mass is 10.2. The molecule has 0 saturated carbocycles. The van der Waals surface area contributed by atoms with Crippen molar-refractivity contribution in [3.8, 4) is 5.75 Å². The molecule has 102 valence electrons. The lowest BCUT2D eigenvalue weighted by Gasteiger charge is -2.08. The number of nitrogens with zero attached hydrogens (tertiary/aromatic N) is 2. The number of hydrogen-bond donors (Lipinski definition) is 0. The van der Waals surface area contributed by atoms with E-state index in [1.165, 1.54) is 6.07 Å². The van der Waals surface area contributed by atoms with Gasteiger partial charge in [0.05, 0.1) is 5.69 Å². The van der Waals surface area contributed by atoms with Crippen LogP contribution in [0, 0.1) is 12.7 Å². The topological polar surface area (TPSA) is 27.1 Å². The third-order valence-electron chi connectivity index (χ3n) is 2.79. The fourth-order valence-electron chi connectivity index (χ4n) is 1.73. The number of aromatic nitrogens is 2. The minimum Gasteiger partial charge on any atom is -0.486 e. The van der Waals surface area contributed by atoms with Crippen molar-refractivity contribution in [2.45, 2.75) is 19.4 Å². The Morgan fingerprint density at radius 1 is 1.42 bits per heavy atom. The Balaban J connectivity index is 2.14. The van der Waals surface area contributed by atoms with E-state index < -0.39 is 5.82 Å². The van der Waals surface area contributed by atoms with Crippen LogP contribution in [-0.4, -0.2) is 9.78 Å². The van der Waals surface area contributed by atoms with Crippen LogP contribution in [0.4, 0.5) is 4.39 Å². The van der Waals surface area contributed by atoms with E-state index in [-0.39, 0.29) is 18.2 Å². The molecule has 0 aliphatic heterocycles. The molecule has 0 amide bonds. The summed E-state index contributed by atoms with van der Waals surface area (Å²) in [4.78, 5) is 0. The molecule has 0 saturated heterocycles. The second-order valence-corrected chi connectivity index (χ2v) is 4.79. The number of ether oxygens (including phenoxy) is 1. The summed E-state index contributed by atoms with van der Waals surface area (Å²) in [6.45, 7) is 2.01. The van der Waals surface area contributed by atoms with E-state index in [9.17, 15) is 4.39 Å². The zero-order valence-corrected chi connectivity index (χ0v) is 12.1. The summed E-state index contributed by atoms with van der Waals surface area (Å²) in [7, 11) is 1.74. The monoisotopic (exact) mass is 302 g/mol. The van der Waals surface area contributed by atoms with Gasteiger partial charge in [0.1, 0.15) is 11.8 Å². The van der Waals surface area contributed by atoms with Gasteiger partial charge in [-0.1, -0.05) is 17.7 Å². The van der Waals surface area contributed by atoms with Gasteiger partial charge in [-0.15, -0.1) is 11.6 Å². The minimum atomic E-state index is -0.434. The van der Waals surface area contributed by atoms with Crippen LogP contribution in [0.5, 0.6) is 5.75 Å². The molecule has 0 spiro atoms. The normalized spacial score (nSPS) is 10.8. The van der Waals surface area contributed by atoms with Gasteiger partial charge in [0.2, 0.25) is 0 Å². The maximum Gasteiger partial charge on any atom is 0.165 e. The van der Waals surface area contributed by atoms with Crippen LogP contribution in [0.25, 0.3) is 0 Å². The van der Waals surface area contributed by atoms with Crippen molar-refractivity contribution in [2.75, 3.05) is 0 Å². The van der Waals surface area contributed by atoms with Crippen LogP contribution in [-0.2, 0) is 19.5 Å². The van der Waals surface area contributed by atoms with Crippen LogP contribution in [0.2, 0.25) is 5.15 Å². The molecule has 0 fully saturated rings. The highest BCUT2D eigenvalue weighted by Gasteiger charge is 2.13. The maximum atomic E-state index is 13.7. The summed E-state index contributed by atoms with van der Waals surface area (Å²) >= 11 is 11.7. The Morgan fingerprint density at radius 2 is 2.16 bits per heavy atom. The number of aryl methyl sites for hydroxylation is 2. The molecule has 1 aromatic carbocycles. The van der Waals surface area contributed by atoms with Crippen molar-refractivity contribution in [3.63, 3.8) is 0 Å². The van der Waals surface area contributed by atoms with Crippen molar-refractivity contribution < 1.29 is 9.13 Å². The lowest BCUT2D eigenvalue weighted by Crippen LogP contribution is -1.99. The molecule has 0 N–H and O–H groups in total. The quantitative estimate of drug-likeness (QED) is 0.802. The Hall–Kier alpha value is -1.26. The number of hydrogen-bond acceptors (Lipinski definition) is 2. The molecule has 0 atom stereocenters. The van der Waals surface area contributed by atoms with E-state index in [1.54, 1.807) is 23.9 Å². The highest BCUT2D eigenvalue weighted by Crippen LogP contribution is 2.24. The number of benzene rings is 1. The van der Waals surface area contributed by atoms with Crippen molar-refractivity contribution in [2.24, 2.45) is 7.05 Å². The minimum absolute atomic E-state index is 0.174. The third kappa shape index (κ3) is 3.01. The van der Waals surface area contributed by atoms with E-state index in [0.717, 1.165) is 11.3 Å². The van der Waals surface area contributed by atoms with Gasteiger partial charge in [0, 0.05) is 18.5 Å². The molecular formula is C13H13Cl2FN2O. The molecule has 19 heavy (non-hydrogen) atoms. The van der Waals surface area contributed by atoms with Crippen molar-refractivity contribution in [1.82, 2.24) is 9.78 Å². The number of halogens is 3. The van der Waals surface area contributed by atoms with Gasteiger partial charge in [-0.25, -0.2) is 4.39 Å². The Labute approximate surface area is 120 Å². The van der Waals surface area contributed by atoms with Crippen molar-refractivity contribution in [1.29, 1.82) is 0 Å². The Morgan fingerprint density at radius 3 is 2.68 bits per heavy atom. The standard InChI is InChI=1S/C13H13Cl2FN2O/c1-8-10(13(15)18(2)17-8)7-19-12-4-3-9(6-14)5-11(12)16/h3-5H,6-7H2,1-2H3. The van der Waals surface area contributed by atoms with Crippen molar-refractivity contribution >= 4 is 23.2 Å². The first kappa shape index (κ1) is 14.2. The van der Waals surface area contributed by atoms with E-state index >= 15 is 0 Å². The average Bonchev–Trinajstić information content (AvgIpc) is 2.62. The molecule has 3 nitrogen and oxygen atoms in total. The Kier molecular flexibility index (Phi) is 4.32. The van der Waals surface area contributed by atoms with Crippen LogP contribution in [0.15, 0.2) is 18.2 Å². The summed E-state index contributed by atoms with van der Waals surface area (Å²) in [6.07, 6.45) is 0. The first-order valence-electron chi connectivity index (χ1n) is 5.68. The lowest BCUT2D eigenvalue weighted by molar-refractivity contribution is 0.289. The third-order valence-corrected chi connectivity index (χ3v) is 3.57. The molecule has 0 aliphatic carbocycles. The first-order chi connectivity index (χ1) is 9.02. The van der Waals surface area contributed by atoms with Gasteiger partial charge in [-0.05, 0) is 24.6 Å². The van der Waals surface area contributed by atoms with Gasteiger partial charge in [0.25, 0.3) is 0 Å². The molecule has 2 rings (SSSR count). The zero-order valence-electron chi connectivity index (χ0n) is 10.6. The van der Waals surface area contributed by atoms with Crippen LogP contribution >= 0.6 is 23.2 Å². The summed E-state index contributed by atoms with van der Waals surface area (Å²) in [5.74, 6) is 0.00841. The predicted molar refractivity (Wildman–Crippen MR) is 73.2 cm³/mol. The summed E-state index contributed by atoms with van der Waals surface area (Å²) in [5.41, 5.74) is 2.23. The van der Waals surface area contributed by atoms with Gasteiger partial charge in [0.15, 0.2) is 11.6 Å². The molecule has 1 aromatic heterocycles. The first-order valence-corrected chi connectivity index (χ1v) is 6.59. The van der Waals surface area contributed by atoms with E-state index in [4.69, 9.17) is 27.9 Å².